The molecule has 0 aliphatic heterocycles. The molecule has 0 unspecified atom stereocenters. The summed E-state index contributed by atoms with van der Waals surface area (Å²) in [4.78, 5) is 10.5. The first-order chi connectivity index (χ1) is 5.29. The molecule has 0 atom stereocenters. The summed E-state index contributed by atoms with van der Waals surface area (Å²) >= 11 is 3.74. The molecule has 0 heterocycles. The van der Waals surface area contributed by atoms with Crippen LogP contribution in [0.15, 0.2) is 0 Å². The zero-order valence-corrected chi connectivity index (χ0v) is 7.78. The summed E-state index contributed by atoms with van der Waals surface area (Å²) in [7, 11) is 0. The van der Waals surface area contributed by atoms with Crippen molar-refractivity contribution in [1.82, 2.24) is 0 Å². The van der Waals surface area contributed by atoms with Gasteiger partial charge in [0, 0.05) is 6.42 Å². The minimum atomic E-state index is 0.0444. The highest BCUT2D eigenvalue weighted by Crippen LogP contribution is 2.28. The number of hydrogen-bond donors (Lipinski definition) is 1. The van der Waals surface area contributed by atoms with Gasteiger partial charge in [0.25, 0.3) is 0 Å². The van der Waals surface area contributed by atoms with Crippen molar-refractivity contribution in [3.63, 3.8) is 0 Å². The van der Waals surface area contributed by atoms with Crippen molar-refractivity contribution < 1.29 is 4.79 Å². The molecule has 1 fully saturated rings. The van der Waals surface area contributed by atoms with Crippen LogP contribution in [0.2, 0.25) is 0 Å². The lowest BCUT2D eigenvalue weighted by Gasteiger charge is -2.05. The lowest BCUT2D eigenvalue weighted by molar-refractivity contribution is -0.110. The smallest absolute Gasteiger partial charge is 0.185 e. The van der Waals surface area contributed by atoms with Crippen LogP contribution in [-0.4, -0.2) is 5.12 Å². The number of thiol groups is 1. The molecule has 1 aliphatic carbocycles. The van der Waals surface area contributed by atoms with Crippen LogP contribution in [0.4, 0.5) is 0 Å². The van der Waals surface area contributed by atoms with Crippen LogP contribution < -0.4 is 0 Å². The number of hydrogen-bond acceptors (Lipinski definition) is 1. The Morgan fingerprint density at radius 2 is 2.00 bits per heavy atom. The van der Waals surface area contributed by atoms with E-state index in [1.165, 1.54) is 32.1 Å². The normalized spacial score (nSPS) is 19.0. The van der Waals surface area contributed by atoms with Crippen molar-refractivity contribution >= 4 is 17.7 Å². The van der Waals surface area contributed by atoms with E-state index in [2.05, 4.69) is 12.6 Å². The fraction of sp³-hybridized carbons (Fsp3) is 0.889. The van der Waals surface area contributed by atoms with Crippen LogP contribution in [-0.2, 0) is 4.79 Å². The van der Waals surface area contributed by atoms with E-state index in [1.807, 2.05) is 0 Å². The summed E-state index contributed by atoms with van der Waals surface area (Å²) in [6.45, 7) is 0. The molecule has 0 saturated heterocycles. The highest BCUT2D eigenvalue weighted by Gasteiger charge is 2.14. The molecule has 0 amide bonds. The maximum Gasteiger partial charge on any atom is 0.185 e. The molecule has 0 aromatic heterocycles. The third-order valence-electron chi connectivity index (χ3n) is 2.48. The molecule has 0 N–H and O–H groups in total. The topological polar surface area (TPSA) is 17.1 Å². The summed E-state index contributed by atoms with van der Waals surface area (Å²) in [6, 6.07) is 0. The Labute approximate surface area is 74.0 Å². The molecule has 0 spiro atoms. The molecule has 64 valence electrons. The van der Waals surface area contributed by atoms with Crippen LogP contribution in [0.25, 0.3) is 0 Å². The van der Waals surface area contributed by atoms with Crippen molar-refractivity contribution in [2.75, 3.05) is 0 Å². The maximum atomic E-state index is 10.5. The SMILES string of the molecule is O=C(S)CCCC1CCCC1. The predicted octanol–water partition coefficient (Wildman–Crippen LogP) is 2.80. The molecule has 1 rings (SSSR count). The Hall–Kier alpha value is 0.0200. The van der Waals surface area contributed by atoms with Gasteiger partial charge in [0.1, 0.15) is 0 Å². The van der Waals surface area contributed by atoms with Crippen LogP contribution in [0.3, 0.4) is 0 Å². The van der Waals surface area contributed by atoms with Gasteiger partial charge in [0.2, 0.25) is 0 Å². The van der Waals surface area contributed by atoms with Gasteiger partial charge in [-0.25, -0.2) is 0 Å². The average Bonchev–Trinajstić information content (AvgIpc) is 2.39. The van der Waals surface area contributed by atoms with E-state index in [0.717, 1.165) is 12.3 Å². The molecule has 11 heavy (non-hydrogen) atoms. The van der Waals surface area contributed by atoms with Crippen LogP contribution >= 0.6 is 12.6 Å². The summed E-state index contributed by atoms with van der Waals surface area (Å²) in [5.74, 6) is 0.919. The van der Waals surface area contributed by atoms with Gasteiger partial charge in [-0.05, 0) is 18.8 Å². The zero-order valence-electron chi connectivity index (χ0n) is 6.88. The Morgan fingerprint density at radius 1 is 1.36 bits per heavy atom. The Bertz CT molecular complexity index is 128. The molecule has 1 aliphatic rings. The lowest BCUT2D eigenvalue weighted by Crippen LogP contribution is -1.94. The Balaban J connectivity index is 1.98. The zero-order chi connectivity index (χ0) is 8.10. The molecule has 0 aromatic rings. The van der Waals surface area contributed by atoms with Crippen LogP contribution in [0.5, 0.6) is 0 Å². The maximum absolute atomic E-state index is 10.5. The second-order valence-corrected chi connectivity index (χ2v) is 3.94. The second kappa shape index (κ2) is 4.81. The first-order valence-electron chi connectivity index (χ1n) is 4.51. The Morgan fingerprint density at radius 3 is 2.55 bits per heavy atom. The van der Waals surface area contributed by atoms with E-state index in [1.54, 1.807) is 0 Å². The van der Waals surface area contributed by atoms with Gasteiger partial charge in [-0.3, -0.25) is 4.79 Å². The van der Waals surface area contributed by atoms with Gasteiger partial charge in [-0.2, -0.15) is 0 Å². The van der Waals surface area contributed by atoms with Crippen molar-refractivity contribution in [2.45, 2.75) is 44.9 Å². The van der Waals surface area contributed by atoms with Gasteiger partial charge in [-0.1, -0.05) is 25.7 Å². The minimum absolute atomic E-state index is 0.0444. The Kier molecular flexibility index (Phi) is 3.98. The van der Waals surface area contributed by atoms with Crippen molar-refractivity contribution in [3.05, 3.63) is 0 Å². The molecule has 0 bridgehead atoms. The first kappa shape index (κ1) is 9.11. The van der Waals surface area contributed by atoms with Crippen molar-refractivity contribution in [1.29, 1.82) is 0 Å². The van der Waals surface area contributed by atoms with Gasteiger partial charge in [-0.15, -0.1) is 12.6 Å². The van der Waals surface area contributed by atoms with E-state index in [4.69, 9.17) is 0 Å². The quantitative estimate of drug-likeness (QED) is 0.645. The monoisotopic (exact) mass is 172 g/mol. The molecule has 2 heteroatoms. The average molecular weight is 172 g/mol. The number of rotatable bonds is 4. The molecular weight excluding hydrogens is 156 g/mol. The molecule has 1 saturated carbocycles. The summed E-state index contributed by atoms with van der Waals surface area (Å²) in [6.07, 6.45) is 8.54. The standard InChI is InChI=1S/C9H16OS/c10-9(11)7-3-6-8-4-1-2-5-8/h8H,1-7H2,(H,10,11). The summed E-state index contributed by atoms with van der Waals surface area (Å²) in [5, 5.41) is 0.0444. The van der Waals surface area contributed by atoms with E-state index >= 15 is 0 Å². The summed E-state index contributed by atoms with van der Waals surface area (Å²) in [5.41, 5.74) is 0. The van der Waals surface area contributed by atoms with Crippen LogP contribution in [0, 0.1) is 5.92 Å². The van der Waals surface area contributed by atoms with E-state index < -0.39 is 0 Å². The third-order valence-corrected chi connectivity index (χ3v) is 2.70. The largest absolute Gasteiger partial charge is 0.288 e. The summed E-state index contributed by atoms with van der Waals surface area (Å²) < 4.78 is 0. The second-order valence-electron chi connectivity index (χ2n) is 3.44. The predicted molar refractivity (Wildman–Crippen MR) is 49.8 cm³/mol. The van der Waals surface area contributed by atoms with Gasteiger partial charge in [0.05, 0.1) is 0 Å². The highest BCUT2D eigenvalue weighted by atomic mass is 32.1. The number of carbonyl (C=O) groups excluding carboxylic acids is 1. The van der Waals surface area contributed by atoms with E-state index in [-0.39, 0.29) is 5.12 Å². The van der Waals surface area contributed by atoms with Crippen molar-refractivity contribution in [3.8, 4) is 0 Å². The lowest BCUT2D eigenvalue weighted by atomic mass is 10.0. The fourth-order valence-corrected chi connectivity index (χ4v) is 2.00. The first-order valence-corrected chi connectivity index (χ1v) is 4.95. The minimum Gasteiger partial charge on any atom is -0.288 e. The van der Waals surface area contributed by atoms with Gasteiger partial charge >= 0.3 is 0 Å². The molecule has 1 nitrogen and oxygen atoms in total. The highest BCUT2D eigenvalue weighted by molar-refractivity contribution is 7.96. The third kappa shape index (κ3) is 3.80. The van der Waals surface area contributed by atoms with E-state index in [9.17, 15) is 4.79 Å². The number of carbonyl (C=O) groups is 1. The van der Waals surface area contributed by atoms with Gasteiger partial charge < -0.3 is 0 Å². The van der Waals surface area contributed by atoms with Gasteiger partial charge in [0.15, 0.2) is 5.12 Å². The molecule has 0 radical (unpaired) electrons. The molecular formula is C9H16OS. The van der Waals surface area contributed by atoms with Crippen LogP contribution in [0.1, 0.15) is 44.9 Å². The fourth-order valence-electron chi connectivity index (χ4n) is 1.84. The van der Waals surface area contributed by atoms with E-state index in [0.29, 0.717) is 6.42 Å². The molecule has 0 aromatic carbocycles. The van der Waals surface area contributed by atoms with Crippen molar-refractivity contribution in [2.24, 2.45) is 5.92 Å².